The van der Waals surface area contributed by atoms with Crippen LogP contribution in [0.4, 0.5) is 0 Å². The summed E-state index contributed by atoms with van der Waals surface area (Å²) in [5.41, 5.74) is 3.18. The van der Waals surface area contributed by atoms with Crippen molar-refractivity contribution >= 4 is 17.2 Å². The number of aliphatic hydroxyl groups is 1. The molecule has 1 aliphatic rings. The molecule has 5 nitrogen and oxygen atoms in total. The first-order valence-electron chi connectivity index (χ1n) is 6.09. The van der Waals surface area contributed by atoms with Crippen molar-refractivity contribution in [2.75, 3.05) is 13.1 Å². The summed E-state index contributed by atoms with van der Waals surface area (Å²) in [5.74, 6) is 5.22. The fourth-order valence-corrected chi connectivity index (χ4v) is 3.15. The molecule has 1 aromatic rings. The number of hydrazine groups is 1. The third kappa shape index (κ3) is 2.89. The molecule has 2 atom stereocenters. The van der Waals surface area contributed by atoms with E-state index in [9.17, 15) is 9.90 Å². The van der Waals surface area contributed by atoms with Crippen LogP contribution in [-0.4, -0.2) is 35.1 Å². The van der Waals surface area contributed by atoms with Gasteiger partial charge in [0, 0.05) is 19.6 Å². The van der Waals surface area contributed by atoms with E-state index >= 15 is 0 Å². The maximum atomic E-state index is 11.6. The van der Waals surface area contributed by atoms with E-state index in [1.54, 1.807) is 0 Å². The highest BCUT2D eigenvalue weighted by molar-refractivity contribution is 7.12. The van der Waals surface area contributed by atoms with Gasteiger partial charge in [-0.25, -0.2) is 5.84 Å². The summed E-state index contributed by atoms with van der Waals surface area (Å²) >= 11 is 1.40. The van der Waals surface area contributed by atoms with Crippen LogP contribution in [0.1, 0.15) is 28.6 Å². The molecule has 1 fully saturated rings. The van der Waals surface area contributed by atoms with Gasteiger partial charge in [0.15, 0.2) is 0 Å². The average Bonchev–Trinajstić information content (AvgIpc) is 2.81. The number of piperidine rings is 1. The molecule has 1 saturated heterocycles. The smallest absolute Gasteiger partial charge is 0.275 e. The molecule has 0 bridgehead atoms. The Balaban J connectivity index is 2.02. The minimum absolute atomic E-state index is 0.199. The van der Waals surface area contributed by atoms with Crippen LogP contribution in [0, 0.1) is 5.92 Å². The number of amides is 1. The number of likely N-dealkylation sites (tertiary alicyclic amines) is 1. The summed E-state index contributed by atoms with van der Waals surface area (Å²) in [7, 11) is 0. The van der Waals surface area contributed by atoms with Crippen LogP contribution in [-0.2, 0) is 6.54 Å². The zero-order valence-corrected chi connectivity index (χ0v) is 11.2. The molecule has 1 amide bonds. The second-order valence-electron chi connectivity index (χ2n) is 4.82. The van der Waals surface area contributed by atoms with Gasteiger partial charge in [-0.2, -0.15) is 0 Å². The van der Waals surface area contributed by atoms with Crippen LogP contribution in [0.5, 0.6) is 0 Å². The lowest BCUT2D eigenvalue weighted by Crippen LogP contribution is -2.41. The maximum Gasteiger partial charge on any atom is 0.275 e. The van der Waals surface area contributed by atoms with E-state index < -0.39 is 0 Å². The molecule has 0 aromatic carbocycles. The van der Waals surface area contributed by atoms with E-state index in [0.29, 0.717) is 4.88 Å². The van der Waals surface area contributed by atoms with E-state index in [1.165, 1.54) is 11.3 Å². The first-order valence-corrected chi connectivity index (χ1v) is 6.97. The summed E-state index contributed by atoms with van der Waals surface area (Å²) in [4.78, 5) is 14.5. The Bertz CT molecular complexity index is 421. The summed E-state index contributed by atoms with van der Waals surface area (Å²) in [6.45, 7) is 4.52. The lowest BCUT2D eigenvalue weighted by molar-refractivity contribution is 0.0319. The molecular weight excluding hydrogens is 250 g/mol. The van der Waals surface area contributed by atoms with Crippen molar-refractivity contribution in [1.29, 1.82) is 0 Å². The Morgan fingerprint density at radius 2 is 2.50 bits per heavy atom. The number of carbonyl (C=O) groups excluding carboxylic acids is 1. The molecule has 0 saturated carbocycles. The zero-order valence-electron chi connectivity index (χ0n) is 10.4. The first kappa shape index (κ1) is 13.5. The van der Waals surface area contributed by atoms with E-state index in [1.807, 2.05) is 11.4 Å². The monoisotopic (exact) mass is 269 g/mol. The van der Waals surface area contributed by atoms with Gasteiger partial charge in [0.2, 0.25) is 0 Å². The lowest BCUT2D eigenvalue weighted by atomic mass is 9.96. The Morgan fingerprint density at radius 1 is 1.72 bits per heavy atom. The number of thiophene rings is 1. The van der Waals surface area contributed by atoms with Gasteiger partial charge in [-0.1, -0.05) is 6.92 Å². The van der Waals surface area contributed by atoms with Crippen molar-refractivity contribution in [3.8, 4) is 0 Å². The van der Waals surface area contributed by atoms with E-state index in [-0.39, 0.29) is 17.9 Å². The van der Waals surface area contributed by atoms with Gasteiger partial charge < -0.3 is 5.11 Å². The molecule has 2 heterocycles. The number of nitrogen functional groups attached to an aromatic ring is 1. The van der Waals surface area contributed by atoms with Crippen molar-refractivity contribution < 1.29 is 9.90 Å². The van der Waals surface area contributed by atoms with Crippen molar-refractivity contribution in [1.82, 2.24) is 10.3 Å². The third-order valence-corrected chi connectivity index (χ3v) is 4.38. The highest BCUT2D eigenvalue weighted by Crippen LogP contribution is 2.22. The standard InChI is InChI=1S/C12H19N3O2S/c1-8-6-15(4-2-10(8)16)7-9-3-5-18-11(9)12(17)14-13/h3,5,8,10,16H,2,4,6-7,13H2,1H3,(H,14,17). The molecule has 1 aromatic heterocycles. The SMILES string of the molecule is CC1CN(Cc2ccsc2C(=O)NN)CCC1O. The molecule has 2 unspecified atom stereocenters. The van der Waals surface area contributed by atoms with Gasteiger partial charge in [-0.15, -0.1) is 11.3 Å². The van der Waals surface area contributed by atoms with E-state index in [2.05, 4.69) is 17.2 Å². The number of nitrogens with one attached hydrogen (secondary N) is 1. The molecule has 18 heavy (non-hydrogen) atoms. The summed E-state index contributed by atoms with van der Waals surface area (Å²) in [6, 6.07) is 1.96. The fourth-order valence-electron chi connectivity index (χ4n) is 2.33. The van der Waals surface area contributed by atoms with Gasteiger partial charge in [0.1, 0.15) is 0 Å². The molecule has 1 aliphatic heterocycles. The normalized spacial score (nSPS) is 25.1. The van der Waals surface area contributed by atoms with Crippen molar-refractivity contribution in [2.45, 2.75) is 26.0 Å². The number of rotatable bonds is 3. The van der Waals surface area contributed by atoms with Gasteiger partial charge in [0.25, 0.3) is 5.91 Å². The molecule has 0 spiro atoms. The molecule has 2 rings (SSSR count). The largest absolute Gasteiger partial charge is 0.393 e. The number of carbonyl (C=O) groups is 1. The summed E-state index contributed by atoms with van der Waals surface area (Å²) in [5, 5.41) is 11.6. The molecule has 0 aliphatic carbocycles. The number of aliphatic hydroxyl groups excluding tert-OH is 1. The Morgan fingerprint density at radius 3 is 3.17 bits per heavy atom. The predicted molar refractivity (Wildman–Crippen MR) is 71.0 cm³/mol. The van der Waals surface area contributed by atoms with Crippen LogP contribution < -0.4 is 11.3 Å². The van der Waals surface area contributed by atoms with Gasteiger partial charge >= 0.3 is 0 Å². The zero-order chi connectivity index (χ0) is 13.1. The molecule has 100 valence electrons. The maximum absolute atomic E-state index is 11.6. The van der Waals surface area contributed by atoms with Gasteiger partial charge in [-0.3, -0.25) is 15.1 Å². The topological polar surface area (TPSA) is 78.6 Å². The highest BCUT2D eigenvalue weighted by atomic mass is 32.1. The Kier molecular flexibility index (Phi) is 4.34. The van der Waals surface area contributed by atoms with E-state index in [0.717, 1.165) is 31.6 Å². The second kappa shape index (κ2) is 5.79. The molecule has 6 heteroatoms. The molecular formula is C12H19N3O2S. The fraction of sp³-hybridized carbons (Fsp3) is 0.583. The molecule has 0 radical (unpaired) electrons. The highest BCUT2D eigenvalue weighted by Gasteiger charge is 2.25. The predicted octanol–water partition coefficient (Wildman–Crippen LogP) is 0.554. The second-order valence-corrected chi connectivity index (χ2v) is 5.73. The van der Waals surface area contributed by atoms with E-state index in [4.69, 9.17) is 5.84 Å². The Labute approximate surface area is 111 Å². The summed E-state index contributed by atoms with van der Waals surface area (Å²) < 4.78 is 0. The number of nitrogens with zero attached hydrogens (tertiary/aromatic N) is 1. The number of nitrogens with two attached hydrogens (primary N) is 1. The van der Waals surface area contributed by atoms with Crippen LogP contribution in [0.2, 0.25) is 0 Å². The summed E-state index contributed by atoms with van der Waals surface area (Å²) in [6.07, 6.45) is 0.597. The Hall–Kier alpha value is -0.950. The minimum Gasteiger partial charge on any atom is -0.393 e. The number of hydrogen-bond acceptors (Lipinski definition) is 5. The first-order chi connectivity index (χ1) is 8.61. The van der Waals surface area contributed by atoms with Gasteiger partial charge in [0.05, 0.1) is 11.0 Å². The van der Waals surface area contributed by atoms with Crippen molar-refractivity contribution in [2.24, 2.45) is 11.8 Å². The quantitative estimate of drug-likeness (QED) is 0.425. The average molecular weight is 269 g/mol. The third-order valence-electron chi connectivity index (χ3n) is 3.42. The van der Waals surface area contributed by atoms with Crippen LogP contribution in [0.3, 0.4) is 0 Å². The number of hydrogen-bond donors (Lipinski definition) is 3. The van der Waals surface area contributed by atoms with Crippen LogP contribution >= 0.6 is 11.3 Å². The van der Waals surface area contributed by atoms with Crippen LogP contribution in [0.25, 0.3) is 0 Å². The van der Waals surface area contributed by atoms with Crippen LogP contribution in [0.15, 0.2) is 11.4 Å². The minimum atomic E-state index is -0.231. The molecule has 4 N–H and O–H groups in total. The van der Waals surface area contributed by atoms with Crippen molar-refractivity contribution in [3.63, 3.8) is 0 Å². The van der Waals surface area contributed by atoms with Gasteiger partial charge in [-0.05, 0) is 29.3 Å². The van der Waals surface area contributed by atoms with Crippen molar-refractivity contribution in [3.05, 3.63) is 21.9 Å². The lowest BCUT2D eigenvalue weighted by Gasteiger charge is -2.34.